The molecular weight excluding hydrogens is 1080 g/mol. The first-order valence-corrected chi connectivity index (χ1v) is 32.9. The molecule has 452 valence electrons. The van der Waals surface area contributed by atoms with Crippen molar-refractivity contribution in [2.45, 2.75) is 170 Å². The van der Waals surface area contributed by atoms with E-state index in [0.29, 0.717) is 0 Å². The number of halogens is 2. The van der Waals surface area contributed by atoms with Crippen LogP contribution in [0.2, 0.25) is 0 Å². The van der Waals surface area contributed by atoms with Gasteiger partial charge in [0.25, 0.3) is 0 Å². The molecule has 0 aliphatic heterocycles. The molecule has 10 aromatic rings. The average molecular weight is 1180 g/mol. The minimum absolute atomic E-state index is 0.273. The van der Waals surface area contributed by atoms with Crippen LogP contribution in [0.4, 0.5) is 8.78 Å². The maximum Gasteiger partial charge on any atom is 0.223 e. The van der Waals surface area contributed by atoms with E-state index in [1.807, 2.05) is 24.3 Å². The molecule has 0 atom stereocenters. The summed E-state index contributed by atoms with van der Waals surface area (Å²) >= 11 is 0. The molecular formula is C80H94F2N6+6. The van der Waals surface area contributed by atoms with Gasteiger partial charge in [0, 0.05) is 96.5 Å². The zero-order chi connectivity index (χ0) is 61.5. The van der Waals surface area contributed by atoms with Crippen molar-refractivity contribution in [2.24, 2.45) is 0 Å². The minimum Gasteiger partial charge on any atom is -0.207 e. The molecule has 0 amide bonds. The Balaban J connectivity index is 0.000000209. The molecule has 8 heteroatoms. The molecule has 6 heterocycles. The van der Waals surface area contributed by atoms with Crippen LogP contribution in [-0.4, -0.2) is 0 Å². The third kappa shape index (κ3) is 17.9. The van der Waals surface area contributed by atoms with E-state index in [1.165, 1.54) is 171 Å². The molecule has 0 aliphatic rings. The number of rotatable bonds is 28. The van der Waals surface area contributed by atoms with E-state index in [1.54, 1.807) is 0 Å². The fourth-order valence-electron chi connectivity index (χ4n) is 11.6. The highest BCUT2D eigenvalue weighted by atomic mass is 19.1. The fourth-order valence-corrected chi connectivity index (χ4v) is 11.6. The van der Waals surface area contributed by atoms with Crippen molar-refractivity contribution in [3.8, 4) is 78.7 Å². The lowest BCUT2D eigenvalue weighted by Crippen LogP contribution is -2.39. The van der Waals surface area contributed by atoms with Crippen molar-refractivity contribution in [1.29, 1.82) is 0 Å². The van der Waals surface area contributed by atoms with Gasteiger partial charge in [-0.2, -0.15) is 9.13 Å². The van der Waals surface area contributed by atoms with Gasteiger partial charge in [0.2, 0.25) is 34.2 Å². The van der Waals surface area contributed by atoms with Gasteiger partial charge in [-0.05, 0) is 135 Å². The summed E-state index contributed by atoms with van der Waals surface area (Å²) in [5.41, 5.74) is 17.8. The molecule has 10 rings (SSSR count). The lowest BCUT2D eigenvalue weighted by Gasteiger charge is -2.12. The van der Waals surface area contributed by atoms with E-state index < -0.39 is 0 Å². The van der Waals surface area contributed by atoms with Gasteiger partial charge in [0.15, 0.2) is 49.6 Å². The molecule has 0 saturated carbocycles. The van der Waals surface area contributed by atoms with Crippen molar-refractivity contribution in [2.75, 3.05) is 0 Å². The highest BCUT2D eigenvalue weighted by Gasteiger charge is 2.28. The molecule has 88 heavy (non-hydrogen) atoms. The van der Waals surface area contributed by atoms with Gasteiger partial charge < -0.3 is 0 Å². The van der Waals surface area contributed by atoms with Crippen LogP contribution in [0.15, 0.2) is 219 Å². The van der Waals surface area contributed by atoms with Gasteiger partial charge >= 0.3 is 0 Å². The number of nitrogens with zero attached hydrogens (tertiary/aromatic N) is 6. The van der Waals surface area contributed by atoms with Crippen molar-refractivity contribution in [3.05, 3.63) is 242 Å². The lowest BCUT2D eigenvalue weighted by molar-refractivity contribution is -0.698. The van der Waals surface area contributed by atoms with Crippen molar-refractivity contribution in [1.82, 2.24) is 0 Å². The summed E-state index contributed by atoms with van der Waals surface area (Å²) in [6, 6.07) is 58.0. The summed E-state index contributed by atoms with van der Waals surface area (Å²) in [6.07, 6.45) is 37.5. The Morgan fingerprint density at radius 1 is 0.250 bits per heavy atom. The normalized spacial score (nSPS) is 11.2. The molecule has 0 bridgehead atoms. The van der Waals surface area contributed by atoms with Gasteiger partial charge in [-0.1, -0.05) is 114 Å². The molecule has 0 aliphatic carbocycles. The van der Waals surface area contributed by atoms with Crippen molar-refractivity contribution in [3.63, 3.8) is 0 Å². The summed E-state index contributed by atoms with van der Waals surface area (Å²) in [5.74, 6) is -0.545. The number of hydrogen-bond donors (Lipinski definition) is 0. The van der Waals surface area contributed by atoms with E-state index in [-0.39, 0.29) is 11.6 Å². The number of aryl methyl sites for hydroxylation is 6. The molecule has 0 spiro atoms. The highest BCUT2D eigenvalue weighted by Crippen LogP contribution is 2.33. The van der Waals surface area contributed by atoms with E-state index in [2.05, 4.69) is 240 Å². The molecule has 6 nitrogen and oxygen atoms in total. The topological polar surface area (TPSA) is 23.3 Å². The van der Waals surface area contributed by atoms with Crippen LogP contribution >= 0.6 is 0 Å². The summed E-state index contributed by atoms with van der Waals surface area (Å²) in [4.78, 5) is 0. The molecule has 0 radical (unpaired) electrons. The SMILES string of the molecule is CCCCCC[n+]1ccc(-c2cc(-c3ccc(C)cc3)[n+](-c3cc[n+](CCCCCC)cc3)c(-c3ccc(C)cc3)c2)cc1.CCCCCC[n+]1ccc(-c2cc(-c3ccc(F)cc3)[n+](-c3cc[n+](CCCCCC)cc3)c(-c3ccc(F)cc3)c2)cc1. The van der Waals surface area contributed by atoms with Crippen LogP contribution in [0.1, 0.15) is 142 Å². The fraction of sp³-hybridized carbons (Fsp3) is 0.325. The monoisotopic (exact) mass is 1180 g/mol. The van der Waals surface area contributed by atoms with Crippen LogP contribution in [0.3, 0.4) is 0 Å². The first-order valence-electron chi connectivity index (χ1n) is 32.9. The highest BCUT2D eigenvalue weighted by molar-refractivity contribution is 5.75. The number of aromatic nitrogens is 6. The molecule has 0 saturated heterocycles. The van der Waals surface area contributed by atoms with Crippen LogP contribution in [0.25, 0.3) is 78.7 Å². The second kappa shape index (κ2) is 33.1. The molecule has 6 aromatic heterocycles. The third-order valence-electron chi connectivity index (χ3n) is 16.9. The van der Waals surface area contributed by atoms with Crippen molar-refractivity contribution >= 4 is 0 Å². The van der Waals surface area contributed by atoms with Crippen LogP contribution in [0.5, 0.6) is 0 Å². The van der Waals surface area contributed by atoms with E-state index in [9.17, 15) is 8.78 Å². The Morgan fingerprint density at radius 2 is 0.489 bits per heavy atom. The molecule has 0 unspecified atom stereocenters. The second-order valence-corrected chi connectivity index (χ2v) is 23.9. The van der Waals surface area contributed by atoms with Gasteiger partial charge in [-0.25, -0.2) is 27.0 Å². The predicted octanol–water partition coefficient (Wildman–Crippen LogP) is 18.3. The Hall–Kier alpha value is -8.36. The summed E-state index contributed by atoms with van der Waals surface area (Å²) < 4.78 is 41.9. The van der Waals surface area contributed by atoms with E-state index >= 15 is 0 Å². The number of benzene rings is 4. The van der Waals surface area contributed by atoms with Crippen LogP contribution < -0.4 is 27.4 Å². The van der Waals surface area contributed by atoms with E-state index in [4.69, 9.17) is 0 Å². The molecule has 4 aromatic carbocycles. The summed E-state index contributed by atoms with van der Waals surface area (Å²) in [5, 5.41) is 0. The van der Waals surface area contributed by atoms with E-state index in [0.717, 1.165) is 71.9 Å². The summed E-state index contributed by atoms with van der Waals surface area (Å²) in [6.45, 7) is 17.4. The Kier molecular flexibility index (Phi) is 24.1. The first kappa shape index (κ1) is 64.1. The Bertz CT molecular complexity index is 3330. The molecule has 0 fully saturated rings. The Morgan fingerprint density at radius 3 is 0.739 bits per heavy atom. The zero-order valence-corrected chi connectivity index (χ0v) is 53.4. The van der Waals surface area contributed by atoms with Gasteiger partial charge in [-0.3, -0.25) is 0 Å². The number of unbranched alkanes of at least 4 members (excludes halogenated alkanes) is 12. The lowest BCUT2D eigenvalue weighted by atomic mass is 9.98. The number of hydrogen-bond acceptors (Lipinski definition) is 0. The Labute approximate surface area is 524 Å². The number of pyridine rings is 6. The largest absolute Gasteiger partial charge is 0.223 e. The maximum absolute atomic E-state index is 14.1. The van der Waals surface area contributed by atoms with Crippen LogP contribution in [-0.2, 0) is 26.2 Å². The van der Waals surface area contributed by atoms with Crippen LogP contribution in [0, 0.1) is 25.5 Å². The predicted molar refractivity (Wildman–Crippen MR) is 355 cm³/mol. The first-order chi connectivity index (χ1) is 43.1. The van der Waals surface area contributed by atoms with Gasteiger partial charge in [0.1, 0.15) is 37.8 Å². The van der Waals surface area contributed by atoms with Gasteiger partial charge in [-0.15, -0.1) is 0 Å². The average Bonchev–Trinajstić information content (AvgIpc) is 3.75. The zero-order valence-electron chi connectivity index (χ0n) is 53.4. The standard InChI is InChI=1S/C41H50N3.C39H44F2N3/c1-5-7-9-11-25-42-27-21-35(22-28-42)38-31-40(36-17-13-33(3)14-18-36)44(41(32-38)37-19-15-34(4)16-20-37)39-23-29-43(30-24-39)26-12-10-8-6-2;1-3-5-7-9-23-42-25-19-31(20-26-42)34-29-38(32-11-15-35(40)16-12-32)44(39(30-34)33-13-17-36(41)18-14-33)37-21-27-43(28-22-37)24-10-8-6-4-2/h13-24,27-32H,5-12,25-26H2,1-4H3;11-22,25-30H,3-10,23-24H2,1-2H3/q2*+3. The third-order valence-corrected chi connectivity index (χ3v) is 16.9. The molecule has 0 N–H and O–H groups in total. The minimum atomic E-state index is -0.273. The summed E-state index contributed by atoms with van der Waals surface area (Å²) in [7, 11) is 0. The van der Waals surface area contributed by atoms with Gasteiger partial charge in [0.05, 0.1) is 24.3 Å². The van der Waals surface area contributed by atoms with Crippen molar-refractivity contribution < 1.29 is 36.2 Å². The smallest absolute Gasteiger partial charge is 0.207 e. The second-order valence-electron chi connectivity index (χ2n) is 23.9. The maximum atomic E-state index is 14.1. The quantitative estimate of drug-likeness (QED) is 0.0345.